The van der Waals surface area contributed by atoms with E-state index in [-0.39, 0.29) is 44.6 Å². The Morgan fingerprint density at radius 1 is 0.980 bits per heavy atom. The molecule has 276 valence electrons. The van der Waals surface area contributed by atoms with E-state index in [0.717, 1.165) is 55.2 Å². The second kappa shape index (κ2) is 14.9. The highest BCUT2D eigenvalue weighted by molar-refractivity contribution is 7.10. The van der Waals surface area contributed by atoms with Crippen molar-refractivity contribution >= 4 is 34.8 Å². The summed E-state index contributed by atoms with van der Waals surface area (Å²) in [5.74, 6) is -1.77. The van der Waals surface area contributed by atoms with Gasteiger partial charge < -0.3 is 24.3 Å². The van der Waals surface area contributed by atoms with Crippen LogP contribution < -0.4 is 4.74 Å². The van der Waals surface area contributed by atoms with Gasteiger partial charge >= 0.3 is 12.4 Å². The molecule has 0 N–H and O–H groups in total. The van der Waals surface area contributed by atoms with E-state index in [1.807, 2.05) is 12.1 Å². The topological polar surface area (TPSA) is 69.2 Å². The van der Waals surface area contributed by atoms with Crippen molar-refractivity contribution in [1.82, 2.24) is 24.6 Å². The van der Waals surface area contributed by atoms with Gasteiger partial charge in [-0.05, 0) is 61.2 Å². The van der Waals surface area contributed by atoms with Crippen LogP contribution in [0.2, 0.25) is 5.02 Å². The third kappa shape index (κ3) is 8.01. The summed E-state index contributed by atoms with van der Waals surface area (Å²) in [6.45, 7) is 6.68. The lowest BCUT2D eigenvalue weighted by Crippen LogP contribution is -2.68. The van der Waals surface area contributed by atoms with E-state index in [2.05, 4.69) is 21.7 Å². The Kier molecular flexibility index (Phi) is 10.9. The van der Waals surface area contributed by atoms with Crippen LogP contribution in [0.4, 0.5) is 26.3 Å². The molecule has 2 amide bonds. The molecular formula is C35H38ClF6N5O3S. The number of piperidine rings is 1. The molecule has 3 aliphatic rings. The van der Waals surface area contributed by atoms with Crippen molar-refractivity contribution < 1.29 is 40.7 Å². The summed E-state index contributed by atoms with van der Waals surface area (Å²) in [7, 11) is 0. The minimum atomic E-state index is -4.89. The second-order valence-corrected chi connectivity index (χ2v) is 14.5. The molecule has 0 aliphatic carbocycles. The number of pyridine rings is 1. The number of carbonyl (C=O) groups is 2. The summed E-state index contributed by atoms with van der Waals surface area (Å²) >= 11 is 6.63. The smallest absolute Gasteiger partial charge is 0.425 e. The van der Waals surface area contributed by atoms with E-state index in [9.17, 15) is 31.1 Å². The number of likely N-dealkylation sites (tertiary alicyclic amines) is 1. The van der Waals surface area contributed by atoms with Gasteiger partial charge in [-0.2, -0.15) is 26.3 Å². The van der Waals surface area contributed by atoms with Crippen LogP contribution in [0.25, 0.3) is 0 Å². The van der Waals surface area contributed by atoms with Crippen molar-refractivity contribution in [1.29, 1.82) is 0 Å². The van der Waals surface area contributed by atoms with E-state index >= 15 is 4.79 Å². The van der Waals surface area contributed by atoms with Crippen LogP contribution in [0, 0.1) is 0 Å². The molecule has 0 saturated carbocycles. The minimum Gasteiger partial charge on any atom is -0.474 e. The van der Waals surface area contributed by atoms with Gasteiger partial charge in [-0.25, -0.2) is 0 Å². The number of piperazine rings is 1. The van der Waals surface area contributed by atoms with Gasteiger partial charge in [-0.3, -0.25) is 14.6 Å². The number of alkyl halides is 6. The van der Waals surface area contributed by atoms with Gasteiger partial charge in [0, 0.05) is 81.4 Å². The maximum Gasteiger partial charge on any atom is 0.425 e. The van der Waals surface area contributed by atoms with E-state index in [1.165, 1.54) is 10.3 Å². The average molecular weight is 758 g/mol. The van der Waals surface area contributed by atoms with Crippen LogP contribution in [0.3, 0.4) is 0 Å². The Morgan fingerprint density at radius 2 is 1.73 bits per heavy atom. The molecule has 0 radical (unpaired) electrons. The molecule has 1 aromatic carbocycles. The van der Waals surface area contributed by atoms with Crippen molar-refractivity contribution in [3.63, 3.8) is 0 Å². The molecule has 3 aliphatic heterocycles. The van der Waals surface area contributed by atoms with Gasteiger partial charge in [0.2, 0.25) is 5.60 Å². The van der Waals surface area contributed by atoms with Crippen LogP contribution in [0.5, 0.6) is 5.75 Å². The average Bonchev–Trinajstić information content (AvgIpc) is 3.59. The molecule has 0 spiro atoms. The van der Waals surface area contributed by atoms with E-state index in [4.69, 9.17) is 16.3 Å². The zero-order valence-corrected chi connectivity index (χ0v) is 29.5. The van der Waals surface area contributed by atoms with Gasteiger partial charge in [-0.1, -0.05) is 24.6 Å². The Balaban J connectivity index is 1.43. The Morgan fingerprint density at radius 3 is 2.41 bits per heavy atom. The maximum atomic E-state index is 15.0. The number of likely N-dealkylation sites (N-methyl/N-ethyl adjacent to an activating group) is 1. The van der Waals surface area contributed by atoms with Gasteiger partial charge in [0.1, 0.15) is 16.3 Å². The molecule has 2 atom stereocenters. The molecule has 8 nitrogen and oxygen atoms in total. The number of ether oxygens (including phenoxy) is 1. The third-order valence-corrected chi connectivity index (χ3v) is 11.2. The van der Waals surface area contributed by atoms with E-state index in [0.29, 0.717) is 42.4 Å². The standard InChI is InChI=1S/C35H38ClF6N5O3S/c1-2-44-15-17-45(18-16-44)13-9-28-33(50-26-20-29(51-22-26)35(40,41)42,32(49)46-14-8-23-19-25(36)7-6-24(23)21-46)10-4-12-47(28)31(48)30-27(34(37,38)39)5-3-11-43-30/h3,5-7,11,19-20,22,28H,2,4,8-10,12-18,21H2,1H3/t28-,33+/m1/s1. The van der Waals surface area contributed by atoms with Gasteiger partial charge in [-0.15, -0.1) is 11.3 Å². The number of rotatable bonds is 8. The highest BCUT2D eigenvalue weighted by Gasteiger charge is 2.56. The largest absolute Gasteiger partial charge is 0.474 e. The predicted molar refractivity (Wildman–Crippen MR) is 180 cm³/mol. The summed E-state index contributed by atoms with van der Waals surface area (Å²) in [4.78, 5) is 39.5. The summed E-state index contributed by atoms with van der Waals surface area (Å²) in [5, 5.41) is 1.72. The molecule has 3 aromatic rings. The fourth-order valence-corrected chi connectivity index (χ4v) is 8.27. The Hall–Kier alpha value is -3.40. The number of carbonyl (C=O) groups excluding carboxylic acids is 2. The predicted octanol–water partition coefficient (Wildman–Crippen LogP) is 6.87. The first-order valence-electron chi connectivity index (χ1n) is 16.9. The summed E-state index contributed by atoms with van der Waals surface area (Å²) in [6, 6.07) is 6.90. The van der Waals surface area contributed by atoms with Gasteiger partial charge in [0.25, 0.3) is 11.8 Å². The molecule has 6 rings (SSSR count). The lowest BCUT2D eigenvalue weighted by atomic mass is 9.79. The Bertz CT molecular complexity index is 1730. The number of hydrogen-bond donors (Lipinski definition) is 0. The number of benzene rings is 1. The van der Waals surface area contributed by atoms with Crippen LogP contribution in [-0.2, 0) is 30.1 Å². The monoisotopic (exact) mass is 757 g/mol. The third-order valence-electron chi connectivity index (χ3n) is 10.1. The number of nitrogens with zero attached hydrogens (tertiary/aromatic N) is 5. The molecule has 0 bridgehead atoms. The molecule has 0 unspecified atom stereocenters. The number of aromatic nitrogens is 1. The number of fused-ring (bicyclic) bond motifs is 1. The van der Waals surface area contributed by atoms with Crippen LogP contribution >= 0.6 is 22.9 Å². The highest BCUT2D eigenvalue weighted by Crippen LogP contribution is 2.43. The van der Waals surface area contributed by atoms with Crippen molar-refractivity contribution in [2.75, 3.05) is 52.4 Å². The summed E-state index contributed by atoms with van der Waals surface area (Å²) < 4.78 is 90.2. The molecular weight excluding hydrogens is 720 g/mol. The Labute approximate surface area is 300 Å². The highest BCUT2D eigenvalue weighted by atomic mass is 35.5. The van der Waals surface area contributed by atoms with Gasteiger partial charge in [0.15, 0.2) is 0 Å². The van der Waals surface area contributed by atoms with Crippen molar-refractivity contribution in [2.24, 2.45) is 0 Å². The van der Waals surface area contributed by atoms with Crippen LogP contribution in [0.15, 0.2) is 48.0 Å². The van der Waals surface area contributed by atoms with E-state index < -0.39 is 51.9 Å². The molecule has 2 saturated heterocycles. The molecule has 5 heterocycles. The summed E-state index contributed by atoms with van der Waals surface area (Å²) in [6.07, 6.45) is -7.71. The van der Waals surface area contributed by atoms with Crippen molar-refractivity contribution in [3.8, 4) is 5.75 Å². The number of halogens is 7. The lowest BCUT2D eigenvalue weighted by Gasteiger charge is -2.50. The molecule has 16 heteroatoms. The van der Waals surface area contributed by atoms with E-state index in [1.54, 1.807) is 11.0 Å². The minimum absolute atomic E-state index is 0.00184. The second-order valence-electron chi connectivity index (χ2n) is 13.1. The first kappa shape index (κ1) is 37.4. The van der Waals surface area contributed by atoms with Crippen LogP contribution in [-0.4, -0.2) is 100 Å². The zero-order valence-electron chi connectivity index (χ0n) is 27.9. The first-order valence-corrected chi connectivity index (χ1v) is 18.1. The maximum absolute atomic E-state index is 15.0. The quantitative estimate of drug-likeness (QED) is 0.234. The number of amides is 2. The van der Waals surface area contributed by atoms with Crippen LogP contribution in [0.1, 0.15) is 58.2 Å². The summed E-state index contributed by atoms with van der Waals surface area (Å²) in [5.41, 5.74) is -2.16. The normalized spacial score (nSPS) is 22.2. The molecule has 2 aromatic heterocycles. The lowest BCUT2D eigenvalue weighted by molar-refractivity contribution is -0.160. The zero-order chi connectivity index (χ0) is 36.6. The SMILES string of the molecule is CCN1CCN(CC[C@H]2N(C(=O)c3ncccc3C(F)(F)F)CCC[C@@]2(Oc2csc(C(F)(F)F)c2)C(=O)N2CCc3cc(Cl)ccc3C2)CC1. The molecule has 2 fully saturated rings. The fraction of sp³-hybridized carbons (Fsp3) is 0.514. The van der Waals surface area contributed by atoms with Crippen molar-refractivity contribution in [3.05, 3.63) is 80.3 Å². The van der Waals surface area contributed by atoms with Gasteiger partial charge in [0.05, 0.1) is 11.6 Å². The first-order chi connectivity index (χ1) is 24.2. The van der Waals surface area contributed by atoms with Crippen molar-refractivity contribution in [2.45, 2.75) is 63.1 Å². The molecule has 51 heavy (non-hydrogen) atoms. The number of hydrogen-bond acceptors (Lipinski definition) is 7. The number of thiophene rings is 1. The fourth-order valence-electron chi connectivity index (χ4n) is 7.40.